The lowest BCUT2D eigenvalue weighted by Crippen LogP contribution is -2.23. The monoisotopic (exact) mass is 291 g/mol. The summed E-state index contributed by atoms with van der Waals surface area (Å²) in [5.74, 6) is -0.309. The fourth-order valence-corrected chi connectivity index (χ4v) is 2.35. The third kappa shape index (κ3) is 4.26. The summed E-state index contributed by atoms with van der Waals surface area (Å²) in [6, 6.07) is 11.3. The van der Waals surface area contributed by atoms with E-state index < -0.39 is 11.6 Å². The minimum atomic E-state index is -0.546. The second kappa shape index (κ2) is 7.18. The molecule has 112 valence electrons. The van der Waals surface area contributed by atoms with Crippen LogP contribution in [-0.2, 0) is 6.42 Å². The summed E-state index contributed by atoms with van der Waals surface area (Å²) in [4.78, 5) is 0. The van der Waals surface area contributed by atoms with Crippen LogP contribution in [0.3, 0.4) is 0 Å². The number of halogens is 2. The number of ether oxygens (including phenoxy) is 1. The average molecular weight is 291 g/mol. The third-order valence-corrected chi connectivity index (χ3v) is 3.33. The Bertz CT molecular complexity index is 564. The van der Waals surface area contributed by atoms with E-state index in [1.165, 1.54) is 12.1 Å². The summed E-state index contributed by atoms with van der Waals surface area (Å²) in [7, 11) is 1.62. The Kier molecular flexibility index (Phi) is 5.28. The number of nitrogens with one attached hydrogen (secondary N) is 1. The van der Waals surface area contributed by atoms with Gasteiger partial charge in [-0.1, -0.05) is 19.1 Å². The maximum absolute atomic E-state index is 13.3. The number of methoxy groups -OCH3 is 1. The first kappa shape index (κ1) is 15.4. The van der Waals surface area contributed by atoms with Crippen molar-refractivity contribution in [2.45, 2.75) is 19.4 Å². The topological polar surface area (TPSA) is 21.3 Å². The van der Waals surface area contributed by atoms with Crippen molar-refractivity contribution in [1.82, 2.24) is 5.32 Å². The van der Waals surface area contributed by atoms with Crippen LogP contribution in [0.15, 0.2) is 42.5 Å². The minimum Gasteiger partial charge on any atom is -0.497 e. The van der Waals surface area contributed by atoms with Gasteiger partial charge in [-0.2, -0.15) is 0 Å². The van der Waals surface area contributed by atoms with Gasteiger partial charge in [-0.15, -0.1) is 0 Å². The molecule has 1 unspecified atom stereocenters. The molecule has 0 aliphatic heterocycles. The van der Waals surface area contributed by atoms with Gasteiger partial charge in [-0.25, -0.2) is 8.78 Å². The largest absolute Gasteiger partial charge is 0.497 e. The number of benzene rings is 2. The molecule has 0 aliphatic carbocycles. The fraction of sp³-hybridized carbons (Fsp3) is 0.294. The molecule has 0 fully saturated rings. The van der Waals surface area contributed by atoms with Gasteiger partial charge in [0.15, 0.2) is 0 Å². The molecule has 2 aromatic rings. The van der Waals surface area contributed by atoms with E-state index in [0.29, 0.717) is 12.0 Å². The predicted molar refractivity (Wildman–Crippen MR) is 79.5 cm³/mol. The Morgan fingerprint density at radius 3 is 2.19 bits per heavy atom. The van der Waals surface area contributed by atoms with E-state index in [-0.39, 0.29) is 6.04 Å². The molecule has 0 amide bonds. The Labute approximate surface area is 123 Å². The van der Waals surface area contributed by atoms with Crippen molar-refractivity contribution >= 4 is 0 Å². The molecule has 21 heavy (non-hydrogen) atoms. The first-order valence-electron chi connectivity index (χ1n) is 6.94. The van der Waals surface area contributed by atoms with Crippen LogP contribution in [0.4, 0.5) is 8.78 Å². The maximum atomic E-state index is 13.3. The van der Waals surface area contributed by atoms with Gasteiger partial charge in [0.1, 0.15) is 17.4 Å². The van der Waals surface area contributed by atoms with E-state index in [4.69, 9.17) is 4.74 Å². The molecule has 0 saturated carbocycles. The van der Waals surface area contributed by atoms with E-state index >= 15 is 0 Å². The zero-order valence-electron chi connectivity index (χ0n) is 12.2. The van der Waals surface area contributed by atoms with Crippen LogP contribution in [0.2, 0.25) is 0 Å². The predicted octanol–water partition coefficient (Wildman–Crippen LogP) is 3.87. The van der Waals surface area contributed by atoms with Crippen LogP contribution < -0.4 is 10.1 Å². The highest BCUT2D eigenvalue weighted by Gasteiger charge is 2.12. The molecule has 1 N–H and O–H groups in total. The zero-order chi connectivity index (χ0) is 15.2. The molecule has 0 heterocycles. The lowest BCUT2D eigenvalue weighted by molar-refractivity contribution is 0.414. The van der Waals surface area contributed by atoms with Crippen molar-refractivity contribution in [3.8, 4) is 5.75 Å². The van der Waals surface area contributed by atoms with Gasteiger partial charge in [0.05, 0.1) is 7.11 Å². The van der Waals surface area contributed by atoms with E-state index in [1.807, 2.05) is 31.2 Å². The smallest absolute Gasteiger partial charge is 0.126 e. The van der Waals surface area contributed by atoms with Gasteiger partial charge in [-0.05, 0) is 48.4 Å². The highest BCUT2D eigenvalue weighted by atomic mass is 19.1. The average Bonchev–Trinajstić information content (AvgIpc) is 2.46. The van der Waals surface area contributed by atoms with Crippen molar-refractivity contribution in [2.75, 3.05) is 13.7 Å². The quantitative estimate of drug-likeness (QED) is 0.872. The molecule has 0 aliphatic rings. The number of rotatable bonds is 6. The van der Waals surface area contributed by atoms with Gasteiger partial charge in [0.2, 0.25) is 0 Å². The van der Waals surface area contributed by atoms with E-state index in [1.54, 1.807) is 7.11 Å². The number of hydrogen-bond donors (Lipinski definition) is 1. The summed E-state index contributed by atoms with van der Waals surface area (Å²) < 4.78 is 31.7. The molecular weight excluding hydrogens is 272 g/mol. The minimum absolute atomic E-state index is 0.00195. The van der Waals surface area contributed by atoms with Gasteiger partial charge >= 0.3 is 0 Å². The third-order valence-electron chi connectivity index (χ3n) is 3.33. The molecule has 4 heteroatoms. The second-order valence-electron chi connectivity index (χ2n) is 4.87. The number of likely N-dealkylation sites (N-methyl/N-ethyl adjacent to an activating group) is 1. The summed E-state index contributed by atoms with van der Waals surface area (Å²) >= 11 is 0. The second-order valence-corrected chi connectivity index (χ2v) is 4.87. The highest BCUT2D eigenvalue weighted by Crippen LogP contribution is 2.22. The van der Waals surface area contributed by atoms with Crippen LogP contribution >= 0.6 is 0 Å². The van der Waals surface area contributed by atoms with Crippen LogP contribution in [0.1, 0.15) is 24.1 Å². The standard InChI is InChI=1S/C17H19F2NO/c1-3-20-17(13-4-6-16(21-2)7-5-13)10-12-8-14(18)11-15(19)9-12/h4-9,11,17,20H,3,10H2,1-2H3. The first-order chi connectivity index (χ1) is 10.1. The van der Waals surface area contributed by atoms with Crippen LogP contribution in [-0.4, -0.2) is 13.7 Å². The van der Waals surface area contributed by atoms with Crippen LogP contribution in [0, 0.1) is 11.6 Å². The summed E-state index contributed by atoms with van der Waals surface area (Å²) in [6.45, 7) is 2.77. The normalized spacial score (nSPS) is 12.2. The van der Waals surface area contributed by atoms with Crippen molar-refractivity contribution in [3.63, 3.8) is 0 Å². The molecule has 0 spiro atoms. The van der Waals surface area contributed by atoms with Crippen molar-refractivity contribution < 1.29 is 13.5 Å². The van der Waals surface area contributed by atoms with Crippen LogP contribution in [0.25, 0.3) is 0 Å². The Morgan fingerprint density at radius 2 is 1.67 bits per heavy atom. The molecular formula is C17H19F2NO. The van der Waals surface area contributed by atoms with Crippen molar-refractivity contribution in [3.05, 3.63) is 65.2 Å². The van der Waals surface area contributed by atoms with Crippen LogP contribution in [0.5, 0.6) is 5.75 Å². The first-order valence-corrected chi connectivity index (χ1v) is 6.94. The van der Waals surface area contributed by atoms with Gasteiger partial charge in [-0.3, -0.25) is 0 Å². The van der Waals surface area contributed by atoms with Gasteiger partial charge in [0, 0.05) is 12.1 Å². The fourth-order valence-electron chi connectivity index (χ4n) is 2.35. The Balaban J connectivity index is 2.21. The summed E-state index contributed by atoms with van der Waals surface area (Å²) in [5, 5.41) is 3.34. The molecule has 1 atom stereocenters. The van der Waals surface area contributed by atoms with Gasteiger partial charge in [0.25, 0.3) is 0 Å². The summed E-state index contributed by atoms with van der Waals surface area (Å²) in [5.41, 5.74) is 1.69. The lowest BCUT2D eigenvalue weighted by atomic mass is 9.98. The maximum Gasteiger partial charge on any atom is 0.126 e. The zero-order valence-corrected chi connectivity index (χ0v) is 12.2. The Hall–Kier alpha value is -1.94. The Morgan fingerprint density at radius 1 is 1.05 bits per heavy atom. The summed E-state index contributed by atoms with van der Waals surface area (Å²) in [6.07, 6.45) is 0.523. The SMILES string of the molecule is CCNC(Cc1cc(F)cc(F)c1)c1ccc(OC)cc1. The van der Waals surface area contributed by atoms with Crippen molar-refractivity contribution in [2.24, 2.45) is 0 Å². The number of hydrogen-bond acceptors (Lipinski definition) is 2. The molecule has 2 nitrogen and oxygen atoms in total. The molecule has 0 saturated heterocycles. The van der Waals surface area contributed by atoms with Gasteiger partial charge < -0.3 is 10.1 Å². The van der Waals surface area contributed by atoms with Crippen molar-refractivity contribution in [1.29, 1.82) is 0 Å². The van der Waals surface area contributed by atoms with E-state index in [9.17, 15) is 8.78 Å². The van der Waals surface area contributed by atoms with E-state index in [0.717, 1.165) is 23.9 Å². The highest BCUT2D eigenvalue weighted by molar-refractivity contribution is 5.30. The molecule has 0 bridgehead atoms. The molecule has 0 aromatic heterocycles. The van der Waals surface area contributed by atoms with E-state index in [2.05, 4.69) is 5.32 Å². The molecule has 2 aromatic carbocycles. The molecule has 0 radical (unpaired) electrons. The lowest BCUT2D eigenvalue weighted by Gasteiger charge is -2.19. The molecule has 2 rings (SSSR count).